The van der Waals surface area contributed by atoms with Crippen LogP contribution in [0.5, 0.6) is 0 Å². The van der Waals surface area contributed by atoms with Crippen molar-refractivity contribution in [3.05, 3.63) is 96.6 Å². The number of rotatable bonds is 5. The molecule has 4 aromatic rings. The molecule has 1 heterocycles. The molecule has 1 aliphatic rings. The second-order valence-electron chi connectivity index (χ2n) is 8.58. The van der Waals surface area contributed by atoms with Crippen LogP contribution in [0.1, 0.15) is 55.7 Å². The van der Waals surface area contributed by atoms with Crippen LogP contribution in [0.15, 0.2) is 85.5 Å². The summed E-state index contributed by atoms with van der Waals surface area (Å²) < 4.78 is 2.06. The van der Waals surface area contributed by atoms with E-state index in [1.807, 2.05) is 18.7 Å². The number of imidazole rings is 1. The van der Waals surface area contributed by atoms with Crippen LogP contribution >= 0.6 is 0 Å². The van der Waals surface area contributed by atoms with Crippen molar-refractivity contribution in [2.24, 2.45) is 0 Å². The molecule has 2 unspecified atom stereocenters. The first-order valence-electron chi connectivity index (χ1n) is 11.1. The van der Waals surface area contributed by atoms with Gasteiger partial charge in [0.1, 0.15) is 0 Å². The zero-order valence-corrected chi connectivity index (χ0v) is 17.5. The zero-order valence-electron chi connectivity index (χ0n) is 17.5. The van der Waals surface area contributed by atoms with Crippen LogP contribution < -0.4 is 5.32 Å². The molecule has 1 N–H and O–H groups in total. The summed E-state index contributed by atoms with van der Waals surface area (Å²) in [6, 6.07) is 25.3. The first kappa shape index (κ1) is 19.1. The van der Waals surface area contributed by atoms with E-state index in [4.69, 9.17) is 0 Å². The molecule has 1 fully saturated rings. The molecule has 0 aliphatic heterocycles. The minimum atomic E-state index is 0.350. The summed E-state index contributed by atoms with van der Waals surface area (Å²) in [5, 5.41) is 6.63. The van der Waals surface area contributed by atoms with Crippen LogP contribution in [0.25, 0.3) is 16.5 Å². The van der Waals surface area contributed by atoms with Crippen LogP contribution in [0.2, 0.25) is 0 Å². The van der Waals surface area contributed by atoms with Gasteiger partial charge in [0, 0.05) is 30.2 Å². The van der Waals surface area contributed by atoms with Crippen LogP contribution in [0.4, 0.5) is 0 Å². The summed E-state index contributed by atoms with van der Waals surface area (Å²) in [6.07, 6.45) is 10.7. The molecule has 3 heteroatoms. The van der Waals surface area contributed by atoms with Gasteiger partial charge in [-0.05, 0) is 66.1 Å². The molecule has 0 spiro atoms. The smallest absolute Gasteiger partial charge is 0.0991 e. The van der Waals surface area contributed by atoms with Gasteiger partial charge in [0.2, 0.25) is 0 Å². The maximum Gasteiger partial charge on any atom is 0.0991 e. The highest BCUT2D eigenvalue weighted by atomic mass is 15.0. The highest BCUT2D eigenvalue weighted by molar-refractivity contribution is 5.86. The van der Waals surface area contributed by atoms with E-state index in [0.717, 1.165) is 0 Å². The maximum absolute atomic E-state index is 4.15. The number of nitrogens with one attached hydrogen (secondary N) is 1. The van der Waals surface area contributed by atoms with Crippen molar-refractivity contribution >= 4 is 10.8 Å². The van der Waals surface area contributed by atoms with E-state index < -0.39 is 0 Å². The predicted octanol–water partition coefficient (Wildman–Crippen LogP) is 6.40. The Morgan fingerprint density at radius 3 is 2.63 bits per heavy atom. The standard InChI is InChI=1S/C27H29N3/c1-20(26-11-5-7-22-6-2-3-10-27(22)26)29-24-9-4-8-23(18-24)21-12-14-25(15-13-21)30-17-16-28-19-30/h2-3,5-7,10-17,19-20,23-24,29H,4,8-9,18H2,1H3/t20?,23-,24?/m0/s1. The first-order valence-corrected chi connectivity index (χ1v) is 11.1. The Kier molecular flexibility index (Phi) is 5.37. The Morgan fingerprint density at radius 1 is 0.967 bits per heavy atom. The average Bonchev–Trinajstić information content (AvgIpc) is 3.34. The molecule has 152 valence electrons. The van der Waals surface area contributed by atoms with Crippen molar-refractivity contribution in [3.8, 4) is 5.69 Å². The lowest BCUT2D eigenvalue weighted by atomic mass is 9.81. The molecular weight excluding hydrogens is 366 g/mol. The van der Waals surface area contributed by atoms with E-state index in [-0.39, 0.29) is 0 Å². The van der Waals surface area contributed by atoms with E-state index in [0.29, 0.717) is 18.0 Å². The largest absolute Gasteiger partial charge is 0.307 e. The molecule has 1 aliphatic carbocycles. The van der Waals surface area contributed by atoms with Gasteiger partial charge in [-0.1, -0.05) is 61.0 Å². The predicted molar refractivity (Wildman–Crippen MR) is 124 cm³/mol. The number of hydrogen-bond donors (Lipinski definition) is 1. The molecule has 1 saturated carbocycles. The van der Waals surface area contributed by atoms with Gasteiger partial charge in [0.25, 0.3) is 0 Å². The molecule has 3 nitrogen and oxygen atoms in total. The monoisotopic (exact) mass is 395 g/mol. The van der Waals surface area contributed by atoms with E-state index >= 15 is 0 Å². The van der Waals surface area contributed by atoms with Crippen molar-refractivity contribution in [2.45, 2.75) is 50.6 Å². The van der Waals surface area contributed by atoms with Gasteiger partial charge in [-0.25, -0.2) is 4.98 Å². The topological polar surface area (TPSA) is 29.9 Å². The van der Waals surface area contributed by atoms with Crippen LogP contribution in [0.3, 0.4) is 0 Å². The summed E-state index contributed by atoms with van der Waals surface area (Å²) in [7, 11) is 0. The third kappa shape index (κ3) is 3.90. The van der Waals surface area contributed by atoms with Crippen LogP contribution in [-0.4, -0.2) is 15.6 Å². The summed E-state index contributed by atoms with van der Waals surface area (Å²) in [4.78, 5) is 4.15. The van der Waals surface area contributed by atoms with Gasteiger partial charge < -0.3 is 9.88 Å². The van der Waals surface area contributed by atoms with Gasteiger partial charge in [-0.3, -0.25) is 0 Å². The quantitative estimate of drug-likeness (QED) is 0.423. The lowest BCUT2D eigenvalue weighted by Gasteiger charge is -2.32. The van der Waals surface area contributed by atoms with E-state index in [2.05, 4.69) is 88.5 Å². The molecule has 0 saturated heterocycles. The van der Waals surface area contributed by atoms with Gasteiger partial charge in [-0.15, -0.1) is 0 Å². The maximum atomic E-state index is 4.15. The summed E-state index contributed by atoms with van der Waals surface area (Å²) in [6.45, 7) is 2.31. The third-order valence-corrected chi connectivity index (χ3v) is 6.62. The average molecular weight is 396 g/mol. The molecule has 0 bridgehead atoms. The summed E-state index contributed by atoms with van der Waals surface area (Å²) >= 11 is 0. The molecule has 30 heavy (non-hydrogen) atoms. The number of aromatic nitrogens is 2. The van der Waals surface area contributed by atoms with E-state index in [1.165, 1.54) is 53.3 Å². The Hall–Kier alpha value is -2.91. The highest BCUT2D eigenvalue weighted by Crippen LogP contribution is 2.35. The fourth-order valence-corrected chi connectivity index (χ4v) is 5.05. The highest BCUT2D eigenvalue weighted by Gasteiger charge is 2.25. The molecular formula is C27H29N3. The number of hydrogen-bond acceptors (Lipinski definition) is 2. The summed E-state index contributed by atoms with van der Waals surface area (Å²) in [5.74, 6) is 0.632. The molecule has 0 radical (unpaired) electrons. The normalized spacial score (nSPS) is 20.3. The lowest BCUT2D eigenvalue weighted by molar-refractivity contribution is 0.319. The SMILES string of the molecule is CC(NC1CCC[C@H](c2ccc(-n3ccnc3)cc2)C1)c1cccc2ccccc12. The summed E-state index contributed by atoms with van der Waals surface area (Å²) in [5.41, 5.74) is 4.04. The third-order valence-electron chi connectivity index (χ3n) is 6.62. The van der Waals surface area contributed by atoms with Gasteiger partial charge >= 0.3 is 0 Å². The minimum absolute atomic E-state index is 0.350. The fourth-order valence-electron chi connectivity index (χ4n) is 5.05. The molecule has 1 aromatic heterocycles. The van der Waals surface area contributed by atoms with Crippen molar-refractivity contribution < 1.29 is 0 Å². The fraction of sp³-hybridized carbons (Fsp3) is 0.296. The lowest BCUT2D eigenvalue weighted by Crippen LogP contribution is -2.35. The van der Waals surface area contributed by atoms with Crippen molar-refractivity contribution in [2.75, 3.05) is 0 Å². The minimum Gasteiger partial charge on any atom is -0.307 e. The Balaban J connectivity index is 1.28. The number of nitrogens with zero attached hydrogens (tertiary/aromatic N) is 2. The Morgan fingerprint density at radius 2 is 1.80 bits per heavy atom. The molecule has 0 amide bonds. The van der Waals surface area contributed by atoms with E-state index in [1.54, 1.807) is 0 Å². The molecule has 3 aromatic carbocycles. The van der Waals surface area contributed by atoms with Crippen LogP contribution in [0, 0.1) is 0 Å². The molecule has 3 atom stereocenters. The number of fused-ring (bicyclic) bond motifs is 1. The zero-order chi connectivity index (χ0) is 20.3. The van der Waals surface area contributed by atoms with E-state index in [9.17, 15) is 0 Å². The number of benzene rings is 3. The van der Waals surface area contributed by atoms with Crippen molar-refractivity contribution in [3.63, 3.8) is 0 Å². The first-order chi connectivity index (χ1) is 14.8. The van der Waals surface area contributed by atoms with Crippen LogP contribution in [-0.2, 0) is 0 Å². The Labute approximate surface area is 178 Å². The second kappa shape index (κ2) is 8.45. The van der Waals surface area contributed by atoms with Gasteiger partial charge in [0.15, 0.2) is 0 Å². The van der Waals surface area contributed by atoms with Gasteiger partial charge in [-0.2, -0.15) is 0 Å². The molecule has 5 rings (SSSR count). The van der Waals surface area contributed by atoms with Gasteiger partial charge in [0.05, 0.1) is 6.33 Å². The van der Waals surface area contributed by atoms with Crippen molar-refractivity contribution in [1.29, 1.82) is 0 Å². The van der Waals surface area contributed by atoms with Crippen molar-refractivity contribution in [1.82, 2.24) is 14.9 Å². The Bertz CT molecular complexity index is 1090. The second-order valence-corrected chi connectivity index (χ2v) is 8.58.